The zero-order valence-electron chi connectivity index (χ0n) is 11.4. The minimum absolute atomic E-state index is 0.0164. The van der Waals surface area contributed by atoms with Gasteiger partial charge in [-0.15, -0.1) is 11.3 Å². The summed E-state index contributed by atoms with van der Waals surface area (Å²) in [7, 11) is 0. The van der Waals surface area contributed by atoms with E-state index in [1.54, 1.807) is 4.90 Å². The number of halogens is 1. The maximum absolute atomic E-state index is 12.6. The summed E-state index contributed by atoms with van der Waals surface area (Å²) in [6.45, 7) is 4.10. The van der Waals surface area contributed by atoms with Crippen molar-refractivity contribution in [3.05, 3.63) is 27.5 Å². The van der Waals surface area contributed by atoms with Crippen LogP contribution in [0.15, 0.2) is 22.7 Å². The molecule has 0 atom stereocenters. The fourth-order valence-electron chi connectivity index (χ4n) is 2.12. The van der Waals surface area contributed by atoms with E-state index in [-0.39, 0.29) is 18.6 Å². The first-order chi connectivity index (χ1) is 9.47. The average molecular weight is 357 g/mol. The molecule has 6 heteroatoms. The molecule has 0 spiro atoms. The van der Waals surface area contributed by atoms with Gasteiger partial charge in [-0.2, -0.15) is 0 Å². The number of nitrogens with zero attached hydrogens (tertiary/aromatic N) is 1. The second kappa shape index (κ2) is 6.11. The Bertz CT molecular complexity index is 639. The summed E-state index contributed by atoms with van der Waals surface area (Å²) in [5.74, 6) is -0.125. The summed E-state index contributed by atoms with van der Waals surface area (Å²) in [6, 6.07) is 5.80. The van der Waals surface area contributed by atoms with Gasteiger partial charge in [0.25, 0.3) is 5.91 Å². The van der Waals surface area contributed by atoms with Crippen molar-refractivity contribution in [3.8, 4) is 0 Å². The van der Waals surface area contributed by atoms with Crippen molar-refractivity contribution in [2.45, 2.75) is 19.9 Å². The number of nitrogens with two attached hydrogens (primary N) is 1. The first-order valence-electron chi connectivity index (χ1n) is 6.35. The zero-order chi connectivity index (χ0) is 14.9. The van der Waals surface area contributed by atoms with Gasteiger partial charge in [-0.3, -0.25) is 4.79 Å². The molecule has 108 valence electrons. The summed E-state index contributed by atoms with van der Waals surface area (Å²) >= 11 is 4.86. The number of carbonyl (C=O) groups excluding carboxylic acids is 1. The van der Waals surface area contributed by atoms with E-state index in [9.17, 15) is 4.79 Å². The van der Waals surface area contributed by atoms with Crippen molar-refractivity contribution in [3.63, 3.8) is 0 Å². The van der Waals surface area contributed by atoms with Crippen LogP contribution in [0, 0.1) is 0 Å². The highest BCUT2D eigenvalue weighted by molar-refractivity contribution is 9.10. The van der Waals surface area contributed by atoms with Crippen LogP contribution in [0.2, 0.25) is 0 Å². The lowest BCUT2D eigenvalue weighted by molar-refractivity contribution is 0.0671. The fourth-order valence-corrected chi connectivity index (χ4v) is 3.94. The van der Waals surface area contributed by atoms with Gasteiger partial charge in [0.1, 0.15) is 4.88 Å². The van der Waals surface area contributed by atoms with Crippen molar-refractivity contribution >= 4 is 48.9 Å². The molecule has 2 aromatic rings. The van der Waals surface area contributed by atoms with Crippen LogP contribution in [0.5, 0.6) is 0 Å². The predicted octanol–water partition coefficient (Wildman–Crippen LogP) is 3.09. The molecule has 0 fully saturated rings. The lowest BCUT2D eigenvalue weighted by Crippen LogP contribution is -2.38. The Morgan fingerprint density at radius 2 is 2.20 bits per heavy atom. The van der Waals surface area contributed by atoms with Crippen LogP contribution in [-0.4, -0.2) is 35.1 Å². The molecule has 0 bridgehead atoms. The first-order valence-corrected chi connectivity index (χ1v) is 7.96. The van der Waals surface area contributed by atoms with Crippen molar-refractivity contribution in [1.29, 1.82) is 0 Å². The molecule has 0 saturated carbocycles. The molecule has 4 nitrogen and oxygen atoms in total. The van der Waals surface area contributed by atoms with Crippen LogP contribution < -0.4 is 5.73 Å². The average Bonchev–Trinajstić information content (AvgIpc) is 2.73. The Morgan fingerprint density at radius 1 is 1.50 bits per heavy atom. The number of hydrogen-bond donors (Lipinski definition) is 2. The van der Waals surface area contributed by atoms with Crippen molar-refractivity contribution in [1.82, 2.24) is 4.90 Å². The number of rotatable bonds is 4. The molecule has 0 saturated heterocycles. The van der Waals surface area contributed by atoms with Gasteiger partial charge in [0.15, 0.2) is 0 Å². The van der Waals surface area contributed by atoms with Crippen molar-refractivity contribution in [2.75, 3.05) is 18.9 Å². The molecular weight excluding hydrogens is 340 g/mol. The number of benzene rings is 1. The number of amides is 1. The highest BCUT2D eigenvalue weighted by Gasteiger charge is 2.24. The Balaban J connectivity index is 2.49. The van der Waals surface area contributed by atoms with Crippen molar-refractivity contribution in [2.24, 2.45) is 0 Å². The number of aliphatic hydroxyl groups is 1. The highest BCUT2D eigenvalue weighted by Crippen LogP contribution is 2.38. The minimum atomic E-state index is -0.125. The number of thiophene rings is 1. The molecular formula is C14H17BrN2O2S. The number of carbonyl (C=O) groups is 1. The molecule has 3 N–H and O–H groups in total. The fraction of sp³-hybridized carbons (Fsp3) is 0.357. The van der Waals surface area contributed by atoms with E-state index in [0.29, 0.717) is 17.1 Å². The van der Waals surface area contributed by atoms with Gasteiger partial charge in [0.05, 0.1) is 12.3 Å². The van der Waals surface area contributed by atoms with Crippen LogP contribution in [-0.2, 0) is 0 Å². The number of anilines is 1. The van der Waals surface area contributed by atoms with Gasteiger partial charge in [-0.25, -0.2) is 0 Å². The van der Waals surface area contributed by atoms with Gasteiger partial charge in [-0.1, -0.05) is 22.0 Å². The lowest BCUT2D eigenvalue weighted by Gasteiger charge is -2.25. The van der Waals surface area contributed by atoms with E-state index < -0.39 is 0 Å². The monoisotopic (exact) mass is 356 g/mol. The molecule has 20 heavy (non-hydrogen) atoms. The topological polar surface area (TPSA) is 66.6 Å². The molecule has 0 radical (unpaired) electrons. The van der Waals surface area contributed by atoms with E-state index in [4.69, 9.17) is 10.8 Å². The molecule has 0 aliphatic rings. The zero-order valence-corrected chi connectivity index (χ0v) is 13.8. The SMILES string of the molecule is CC(C)N(CCO)C(=O)c1sc2cccc(Br)c2c1N. The van der Waals surface area contributed by atoms with Crippen LogP contribution in [0.3, 0.4) is 0 Å². The number of aliphatic hydroxyl groups excluding tert-OH is 1. The Hall–Kier alpha value is -1.11. The third-order valence-corrected chi connectivity index (χ3v) is 4.94. The van der Waals surface area contributed by atoms with Crippen LogP contribution >= 0.6 is 27.3 Å². The smallest absolute Gasteiger partial charge is 0.266 e. The molecule has 0 aliphatic heterocycles. The largest absolute Gasteiger partial charge is 0.397 e. The summed E-state index contributed by atoms with van der Waals surface area (Å²) in [5.41, 5.74) is 6.65. The highest BCUT2D eigenvalue weighted by atomic mass is 79.9. The Morgan fingerprint density at radius 3 is 2.75 bits per heavy atom. The maximum Gasteiger partial charge on any atom is 0.266 e. The predicted molar refractivity (Wildman–Crippen MR) is 87.2 cm³/mol. The van der Waals surface area contributed by atoms with Crippen molar-refractivity contribution < 1.29 is 9.90 Å². The lowest BCUT2D eigenvalue weighted by atomic mass is 10.2. The van der Waals surface area contributed by atoms with Gasteiger partial charge < -0.3 is 15.7 Å². The third kappa shape index (κ3) is 2.68. The third-order valence-electron chi connectivity index (χ3n) is 3.12. The van der Waals surface area contributed by atoms with E-state index in [1.807, 2.05) is 32.0 Å². The van der Waals surface area contributed by atoms with Crippen LogP contribution in [0.1, 0.15) is 23.5 Å². The van der Waals surface area contributed by atoms with E-state index in [1.165, 1.54) is 11.3 Å². The summed E-state index contributed by atoms with van der Waals surface area (Å²) in [4.78, 5) is 14.8. The molecule has 1 heterocycles. The second-order valence-corrected chi connectivity index (χ2v) is 6.68. The summed E-state index contributed by atoms with van der Waals surface area (Å²) in [5, 5.41) is 9.99. The standard InChI is InChI=1S/C14H17BrN2O2S/c1-8(2)17(6-7-18)14(19)13-12(16)11-9(15)4-3-5-10(11)20-13/h3-5,8,18H,6-7,16H2,1-2H3. The van der Waals surface area contributed by atoms with E-state index in [2.05, 4.69) is 15.9 Å². The molecule has 0 aliphatic carbocycles. The number of hydrogen-bond acceptors (Lipinski definition) is 4. The van der Waals surface area contributed by atoms with Gasteiger partial charge in [-0.05, 0) is 26.0 Å². The minimum Gasteiger partial charge on any atom is -0.397 e. The van der Waals surface area contributed by atoms with E-state index in [0.717, 1.165) is 14.6 Å². The van der Waals surface area contributed by atoms with E-state index >= 15 is 0 Å². The van der Waals surface area contributed by atoms with Gasteiger partial charge in [0.2, 0.25) is 0 Å². The maximum atomic E-state index is 12.6. The number of fused-ring (bicyclic) bond motifs is 1. The Kier molecular flexibility index (Phi) is 4.67. The molecule has 1 amide bonds. The molecule has 2 rings (SSSR count). The number of nitrogen functional groups attached to an aromatic ring is 1. The first kappa shape index (κ1) is 15.3. The van der Waals surface area contributed by atoms with Crippen LogP contribution in [0.4, 0.5) is 5.69 Å². The van der Waals surface area contributed by atoms with Crippen LogP contribution in [0.25, 0.3) is 10.1 Å². The summed E-state index contributed by atoms with van der Waals surface area (Å²) < 4.78 is 1.87. The second-order valence-electron chi connectivity index (χ2n) is 4.77. The quantitative estimate of drug-likeness (QED) is 0.884. The van der Waals surface area contributed by atoms with Gasteiger partial charge >= 0.3 is 0 Å². The molecule has 1 aromatic heterocycles. The summed E-state index contributed by atoms with van der Waals surface area (Å²) in [6.07, 6.45) is 0. The Labute approximate surface area is 130 Å². The molecule has 1 aromatic carbocycles. The molecule has 0 unspecified atom stereocenters. The van der Waals surface area contributed by atoms with Gasteiger partial charge in [0, 0.05) is 27.1 Å². The normalized spacial score (nSPS) is 11.2.